The number of amides is 1. The molecule has 1 aliphatic carbocycles. The Hall–Kier alpha value is -1.06. The highest BCUT2D eigenvalue weighted by Gasteiger charge is 2.52. The Morgan fingerprint density at radius 3 is 2.56 bits per heavy atom. The van der Waals surface area contributed by atoms with Crippen LogP contribution >= 0.6 is 0 Å². The highest BCUT2D eigenvalue weighted by molar-refractivity contribution is 5.82. The topological polar surface area (TPSA) is 57.6 Å². The Labute approximate surface area is 95.6 Å². The lowest BCUT2D eigenvalue weighted by Crippen LogP contribution is -2.31. The summed E-state index contributed by atoms with van der Waals surface area (Å²) in [6, 6.07) is 0. The van der Waals surface area contributed by atoms with E-state index in [1.54, 1.807) is 0 Å². The first kappa shape index (κ1) is 11.4. The lowest BCUT2D eigenvalue weighted by molar-refractivity contribution is -0.138. The number of carboxylic acids is 1. The molecule has 2 unspecified atom stereocenters. The van der Waals surface area contributed by atoms with Gasteiger partial charge in [-0.05, 0) is 24.2 Å². The molecule has 2 atom stereocenters. The molecule has 0 spiro atoms. The fraction of sp³-hybridized carbons (Fsp3) is 0.833. The normalized spacial score (nSPS) is 31.5. The highest BCUT2D eigenvalue weighted by Crippen LogP contribution is 2.52. The minimum Gasteiger partial charge on any atom is -0.481 e. The third-order valence-corrected chi connectivity index (χ3v) is 3.87. The molecule has 0 bridgehead atoms. The van der Waals surface area contributed by atoms with Crippen molar-refractivity contribution in [2.24, 2.45) is 17.3 Å². The van der Waals surface area contributed by atoms with Crippen molar-refractivity contribution >= 4 is 11.9 Å². The van der Waals surface area contributed by atoms with Gasteiger partial charge < -0.3 is 10.0 Å². The van der Waals surface area contributed by atoms with Gasteiger partial charge in [0.1, 0.15) is 0 Å². The van der Waals surface area contributed by atoms with Crippen LogP contribution in [0.2, 0.25) is 0 Å². The van der Waals surface area contributed by atoms with E-state index in [4.69, 9.17) is 5.11 Å². The van der Waals surface area contributed by atoms with Gasteiger partial charge in [0, 0.05) is 25.4 Å². The molecular formula is C12H19NO3. The number of nitrogens with zero attached hydrogens (tertiary/aromatic N) is 1. The van der Waals surface area contributed by atoms with Crippen molar-refractivity contribution in [2.45, 2.75) is 33.1 Å². The van der Waals surface area contributed by atoms with Crippen molar-refractivity contribution in [2.75, 3.05) is 13.1 Å². The average Bonchev–Trinajstić information content (AvgIpc) is 2.60. The van der Waals surface area contributed by atoms with Crippen LogP contribution in [-0.4, -0.2) is 35.0 Å². The summed E-state index contributed by atoms with van der Waals surface area (Å²) in [4.78, 5) is 24.5. The average molecular weight is 225 g/mol. The highest BCUT2D eigenvalue weighted by atomic mass is 16.4. The molecule has 0 aromatic rings. The Kier molecular flexibility index (Phi) is 2.68. The van der Waals surface area contributed by atoms with E-state index in [9.17, 15) is 9.59 Å². The third-order valence-electron chi connectivity index (χ3n) is 3.87. The van der Waals surface area contributed by atoms with Gasteiger partial charge in [0.25, 0.3) is 0 Å². The summed E-state index contributed by atoms with van der Waals surface area (Å²) in [6.07, 6.45) is 2.01. The second kappa shape index (κ2) is 3.75. The summed E-state index contributed by atoms with van der Waals surface area (Å²) in [6.45, 7) is 5.60. The smallest absolute Gasteiger partial charge is 0.303 e. The molecule has 1 amide bonds. The molecule has 16 heavy (non-hydrogen) atoms. The molecule has 4 nitrogen and oxygen atoms in total. The molecule has 90 valence electrons. The molecule has 2 rings (SSSR count). The van der Waals surface area contributed by atoms with Crippen LogP contribution < -0.4 is 0 Å². The molecule has 1 heterocycles. The first-order chi connectivity index (χ1) is 7.40. The van der Waals surface area contributed by atoms with Gasteiger partial charge in [0.05, 0.1) is 0 Å². The van der Waals surface area contributed by atoms with Crippen LogP contribution in [0.4, 0.5) is 0 Å². The second-order valence-corrected chi connectivity index (χ2v) is 5.78. The summed E-state index contributed by atoms with van der Waals surface area (Å²) >= 11 is 0. The van der Waals surface area contributed by atoms with Crippen molar-refractivity contribution < 1.29 is 14.7 Å². The number of aliphatic carboxylic acids is 1. The molecule has 0 aromatic carbocycles. The lowest BCUT2D eigenvalue weighted by atomic mass is 10.1. The van der Waals surface area contributed by atoms with Crippen molar-refractivity contribution in [1.29, 1.82) is 0 Å². The summed E-state index contributed by atoms with van der Waals surface area (Å²) in [5.74, 6) is -0.191. The van der Waals surface area contributed by atoms with E-state index < -0.39 is 5.97 Å². The number of hydrogen-bond donors (Lipinski definition) is 1. The summed E-state index contributed by atoms with van der Waals surface area (Å²) in [5.41, 5.74) is 0.169. The fourth-order valence-electron chi connectivity index (χ4n) is 2.56. The van der Waals surface area contributed by atoms with Crippen molar-refractivity contribution in [3.8, 4) is 0 Å². The van der Waals surface area contributed by atoms with Crippen molar-refractivity contribution in [3.63, 3.8) is 0 Å². The predicted octanol–water partition coefficient (Wildman–Crippen LogP) is 1.36. The zero-order valence-electron chi connectivity index (χ0n) is 9.90. The maximum absolute atomic E-state index is 12.0. The van der Waals surface area contributed by atoms with Gasteiger partial charge in [0.15, 0.2) is 0 Å². The maximum Gasteiger partial charge on any atom is 0.303 e. The van der Waals surface area contributed by atoms with Crippen LogP contribution in [0.5, 0.6) is 0 Å². The first-order valence-electron chi connectivity index (χ1n) is 5.91. The largest absolute Gasteiger partial charge is 0.481 e. The molecule has 2 fully saturated rings. The molecule has 0 aromatic heterocycles. The molecular weight excluding hydrogens is 206 g/mol. The minimum absolute atomic E-state index is 0.156. The molecule has 2 aliphatic rings. The van der Waals surface area contributed by atoms with E-state index in [1.807, 2.05) is 4.90 Å². The van der Waals surface area contributed by atoms with Crippen molar-refractivity contribution in [1.82, 2.24) is 4.90 Å². The van der Waals surface area contributed by atoms with Crippen LogP contribution in [0, 0.1) is 17.3 Å². The van der Waals surface area contributed by atoms with Crippen LogP contribution in [0.1, 0.15) is 33.1 Å². The van der Waals surface area contributed by atoms with Crippen LogP contribution in [0.15, 0.2) is 0 Å². The molecule has 4 heteroatoms. The number of likely N-dealkylation sites (tertiary alicyclic amines) is 1. The maximum atomic E-state index is 12.0. The quantitative estimate of drug-likeness (QED) is 0.789. The third kappa shape index (κ3) is 2.20. The molecule has 1 aliphatic heterocycles. The van der Waals surface area contributed by atoms with Gasteiger partial charge >= 0.3 is 5.97 Å². The fourth-order valence-corrected chi connectivity index (χ4v) is 2.56. The number of carbonyl (C=O) groups is 2. The van der Waals surface area contributed by atoms with E-state index in [2.05, 4.69) is 13.8 Å². The van der Waals surface area contributed by atoms with Gasteiger partial charge in [-0.15, -0.1) is 0 Å². The van der Waals surface area contributed by atoms with Gasteiger partial charge in [-0.1, -0.05) is 13.8 Å². The van der Waals surface area contributed by atoms with Gasteiger partial charge in [0.2, 0.25) is 5.91 Å². The monoisotopic (exact) mass is 225 g/mol. The predicted molar refractivity (Wildman–Crippen MR) is 58.8 cm³/mol. The Morgan fingerprint density at radius 1 is 1.44 bits per heavy atom. The van der Waals surface area contributed by atoms with E-state index in [0.29, 0.717) is 6.54 Å². The molecule has 1 N–H and O–H groups in total. The molecule has 1 saturated carbocycles. The SMILES string of the molecule is CC1(C)CC1C(=O)N1CCC(CC(=O)O)C1. The van der Waals surface area contributed by atoms with Crippen LogP contribution in [0.25, 0.3) is 0 Å². The van der Waals surface area contributed by atoms with Crippen LogP contribution in [0.3, 0.4) is 0 Å². The van der Waals surface area contributed by atoms with Crippen LogP contribution in [-0.2, 0) is 9.59 Å². The minimum atomic E-state index is -0.758. The zero-order valence-corrected chi connectivity index (χ0v) is 9.90. The lowest BCUT2D eigenvalue weighted by Gasteiger charge is -2.17. The Bertz CT molecular complexity index is 324. The second-order valence-electron chi connectivity index (χ2n) is 5.78. The summed E-state index contributed by atoms with van der Waals surface area (Å²) < 4.78 is 0. The summed E-state index contributed by atoms with van der Waals surface area (Å²) in [7, 11) is 0. The van der Waals surface area contributed by atoms with E-state index in [0.717, 1.165) is 19.4 Å². The van der Waals surface area contributed by atoms with E-state index >= 15 is 0 Å². The molecule has 0 radical (unpaired) electrons. The number of rotatable bonds is 3. The van der Waals surface area contributed by atoms with Gasteiger partial charge in [-0.2, -0.15) is 0 Å². The summed E-state index contributed by atoms with van der Waals surface area (Å²) in [5, 5.41) is 8.70. The van der Waals surface area contributed by atoms with Crippen molar-refractivity contribution in [3.05, 3.63) is 0 Å². The van der Waals surface area contributed by atoms with Gasteiger partial charge in [-0.25, -0.2) is 0 Å². The Morgan fingerprint density at radius 2 is 2.06 bits per heavy atom. The number of hydrogen-bond acceptors (Lipinski definition) is 2. The standard InChI is InChI=1S/C12H19NO3/c1-12(2)6-9(12)11(16)13-4-3-8(7-13)5-10(14)15/h8-9H,3-7H2,1-2H3,(H,14,15). The first-order valence-corrected chi connectivity index (χ1v) is 5.91. The van der Waals surface area contributed by atoms with E-state index in [1.165, 1.54) is 0 Å². The molecule has 1 saturated heterocycles. The zero-order chi connectivity index (χ0) is 11.9. The van der Waals surface area contributed by atoms with E-state index in [-0.39, 0.29) is 29.6 Å². The number of carbonyl (C=O) groups excluding carboxylic acids is 1. The van der Waals surface area contributed by atoms with Gasteiger partial charge in [-0.3, -0.25) is 9.59 Å². The number of carboxylic acid groups (broad SMARTS) is 1. The Balaban J connectivity index is 1.85.